The summed E-state index contributed by atoms with van der Waals surface area (Å²) in [6.07, 6.45) is 0. The van der Waals surface area contributed by atoms with Crippen molar-refractivity contribution in [3.05, 3.63) is 87.5 Å². The lowest BCUT2D eigenvalue weighted by Gasteiger charge is -2.15. The van der Waals surface area contributed by atoms with E-state index in [9.17, 15) is 14.4 Å². The number of hydrogen-bond donors (Lipinski definition) is 0. The summed E-state index contributed by atoms with van der Waals surface area (Å²) < 4.78 is 1.82. The van der Waals surface area contributed by atoms with Gasteiger partial charge in [0.2, 0.25) is 0 Å². The Bertz CT molecular complexity index is 1490. The summed E-state index contributed by atoms with van der Waals surface area (Å²) in [6, 6.07) is 14.4. The van der Waals surface area contributed by atoms with Crippen molar-refractivity contribution < 1.29 is 14.4 Å². The van der Waals surface area contributed by atoms with Crippen molar-refractivity contribution >= 4 is 56.6 Å². The fourth-order valence-corrected chi connectivity index (χ4v) is 6.93. The molecule has 0 saturated carbocycles. The molecule has 0 spiro atoms. The first-order valence-corrected chi connectivity index (χ1v) is 12.7. The van der Waals surface area contributed by atoms with Gasteiger partial charge in [0.15, 0.2) is 10.1 Å². The van der Waals surface area contributed by atoms with Gasteiger partial charge in [0, 0.05) is 11.3 Å². The lowest BCUT2D eigenvalue weighted by atomic mass is 9.92. The number of carbonyl (C=O) groups is 3. The lowest BCUT2D eigenvalue weighted by Crippen LogP contribution is -2.29. The number of aryl methyl sites for hydroxylation is 2. The van der Waals surface area contributed by atoms with E-state index in [0.29, 0.717) is 22.6 Å². The van der Waals surface area contributed by atoms with E-state index in [0.717, 1.165) is 36.8 Å². The second-order valence-corrected chi connectivity index (χ2v) is 10.7. The van der Waals surface area contributed by atoms with Gasteiger partial charge in [-0.25, -0.2) is 9.88 Å². The number of imide groups is 1. The Morgan fingerprint density at radius 3 is 2.29 bits per heavy atom. The maximum absolute atomic E-state index is 12.8. The van der Waals surface area contributed by atoms with Crippen molar-refractivity contribution in [2.24, 2.45) is 0 Å². The molecule has 5 nitrogen and oxygen atoms in total. The predicted molar refractivity (Wildman–Crippen MR) is 137 cm³/mol. The molecule has 0 atom stereocenters. The molecule has 0 radical (unpaired) electrons. The van der Waals surface area contributed by atoms with Crippen LogP contribution in [0.2, 0.25) is 0 Å². The number of thioether (sulfide) groups is 1. The van der Waals surface area contributed by atoms with Crippen LogP contribution >= 0.6 is 23.1 Å². The molecule has 4 aromatic rings. The Morgan fingerprint density at radius 1 is 0.971 bits per heavy atom. The Labute approximate surface area is 205 Å². The summed E-state index contributed by atoms with van der Waals surface area (Å²) in [5.74, 6) is 0.196. The van der Waals surface area contributed by atoms with Crippen molar-refractivity contribution in [3.8, 4) is 0 Å². The van der Waals surface area contributed by atoms with Crippen LogP contribution in [0, 0.1) is 20.8 Å². The number of Topliss-reactive ketones (excluding diaryl/α,β-unsaturated/α-hetero) is 1. The van der Waals surface area contributed by atoms with Crippen LogP contribution in [-0.2, 0) is 5.75 Å². The molecule has 1 aliphatic rings. The highest BCUT2D eigenvalue weighted by molar-refractivity contribution is 8.00. The number of rotatable bonds is 5. The Balaban J connectivity index is 1.42. The second-order valence-electron chi connectivity index (χ2n) is 8.46. The summed E-state index contributed by atoms with van der Waals surface area (Å²) in [6.45, 7) is 7.68. The van der Waals surface area contributed by atoms with E-state index in [2.05, 4.69) is 13.0 Å². The van der Waals surface area contributed by atoms with Gasteiger partial charge in [-0.2, -0.15) is 0 Å². The fraction of sp³-hybridized carbons (Fsp3) is 0.185. The molecule has 0 aliphatic carbocycles. The van der Waals surface area contributed by atoms with Gasteiger partial charge in [0.25, 0.3) is 11.8 Å². The normalized spacial score (nSPS) is 13.1. The van der Waals surface area contributed by atoms with E-state index in [1.165, 1.54) is 21.8 Å². The number of anilines is 1. The largest absolute Gasteiger partial charge is 0.294 e. The molecule has 1 aromatic heterocycles. The number of carbonyl (C=O) groups excluding carboxylic acids is 3. The third-order valence-corrected chi connectivity index (χ3v) is 8.42. The molecule has 0 bridgehead atoms. The SMILES string of the molecule is CC(=O)c1c(C)cc(C)c(CSc2nc3ccc(N4C(=O)c5ccccc5C4=O)cc3s2)c1C. The highest BCUT2D eigenvalue weighted by Crippen LogP contribution is 2.37. The molecule has 3 aromatic carbocycles. The van der Waals surface area contributed by atoms with Gasteiger partial charge in [0.1, 0.15) is 0 Å². The number of ketones is 1. The number of aromatic nitrogens is 1. The smallest absolute Gasteiger partial charge is 0.266 e. The molecule has 0 saturated heterocycles. The average Bonchev–Trinajstić information content (AvgIpc) is 3.31. The average molecular weight is 487 g/mol. The molecule has 0 N–H and O–H groups in total. The molecule has 0 fully saturated rings. The standard InChI is InChI=1S/C27H22N2O3S2/c1-14-11-15(2)24(17(4)30)16(3)21(14)13-33-27-28-22-10-9-18(12-23(22)34-27)29-25(31)19-7-5-6-8-20(19)26(29)32/h5-12H,13H2,1-4H3. The van der Waals surface area contributed by atoms with Crippen molar-refractivity contribution in [2.75, 3.05) is 4.90 Å². The maximum Gasteiger partial charge on any atom is 0.266 e. The highest BCUT2D eigenvalue weighted by atomic mass is 32.2. The van der Waals surface area contributed by atoms with Gasteiger partial charge in [-0.05, 0) is 80.3 Å². The zero-order valence-corrected chi connectivity index (χ0v) is 20.9. The van der Waals surface area contributed by atoms with E-state index in [4.69, 9.17) is 4.98 Å². The molecular weight excluding hydrogens is 464 g/mol. The quantitative estimate of drug-likeness (QED) is 0.183. The zero-order chi connectivity index (χ0) is 24.1. The second kappa shape index (κ2) is 8.49. The van der Waals surface area contributed by atoms with E-state index in [1.54, 1.807) is 49.0 Å². The molecule has 7 heteroatoms. The van der Waals surface area contributed by atoms with E-state index in [1.807, 2.05) is 26.0 Å². The van der Waals surface area contributed by atoms with Gasteiger partial charge in [-0.3, -0.25) is 14.4 Å². The number of nitrogens with zero attached hydrogens (tertiary/aromatic N) is 2. The van der Waals surface area contributed by atoms with Crippen molar-refractivity contribution in [3.63, 3.8) is 0 Å². The molecular formula is C27H22N2O3S2. The van der Waals surface area contributed by atoms with Crippen LogP contribution in [-0.4, -0.2) is 22.6 Å². The number of amides is 2. The number of thiazole rings is 1. The Morgan fingerprint density at radius 2 is 1.65 bits per heavy atom. The van der Waals surface area contributed by atoms with E-state index < -0.39 is 0 Å². The molecule has 34 heavy (non-hydrogen) atoms. The van der Waals surface area contributed by atoms with Crippen molar-refractivity contribution in [2.45, 2.75) is 37.8 Å². The fourth-order valence-electron chi connectivity index (χ4n) is 4.64. The Kier molecular flexibility index (Phi) is 5.62. The lowest BCUT2D eigenvalue weighted by molar-refractivity contribution is 0.0924. The Hall–Kier alpha value is -3.29. The van der Waals surface area contributed by atoms with Gasteiger partial charge < -0.3 is 0 Å². The molecule has 2 amide bonds. The van der Waals surface area contributed by atoms with Crippen LogP contribution in [0.3, 0.4) is 0 Å². The van der Waals surface area contributed by atoms with Gasteiger partial charge in [-0.15, -0.1) is 11.3 Å². The third-order valence-electron chi connectivity index (χ3n) is 6.23. The van der Waals surface area contributed by atoms with Crippen LogP contribution in [0.15, 0.2) is 52.9 Å². The van der Waals surface area contributed by atoms with Gasteiger partial charge in [-0.1, -0.05) is 30.0 Å². The van der Waals surface area contributed by atoms with Crippen LogP contribution in [0.25, 0.3) is 10.2 Å². The van der Waals surface area contributed by atoms with Crippen molar-refractivity contribution in [1.29, 1.82) is 0 Å². The van der Waals surface area contributed by atoms with Crippen LogP contribution in [0.5, 0.6) is 0 Å². The first-order chi connectivity index (χ1) is 16.3. The summed E-state index contributed by atoms with van der Waals surface area (Å²) in [5.41, 5.74) is 7.42. The summed E-state index contributed by atoms with van der Waals surface area (Å²) in [7, 11) is 0. The molecule has 170 valence electrons. The predicted octanol–water partition coefficient (Wildman–Crippen LogP) is 6.52. The minimum Gasteiger partial charge on any atom is -0.294 e. The van der Waals surface area contributed by atoms with Gasteiger partial charge in [0.05, 0.1) is 27.0 Å². The van der Waals surface area contributed by atoms with Crippen LogP contribution < -0.4 is 4.90 Å². The van der Waals surface area contributed by atoms with E-state index >= 15 is 0 Å². The maximum atomic E-state index is 12.8. The molecule has 5 rings (SSSR count). The molecule has 0 unspecified atom stereocenters. The monoisotopic (exact) mass is 486 g/mol. The number of fused-ring (bicyclic) bond motifs is 2. The highest BCUT2D eigenvalue weighted by Gasteiger charge is 2.36. The summed E-state index contributed by atoms with van der Waals surface area (Å²) in [5, 5.41) is 0. The summed E-state index contributed by atoms with van der Waals surface area (Å²) >= 11 is 3.17. The summed E-state index contributed by atoms with van der Waals surface area (Å²) in [4.78, 5) is 43.8. The zero-order valence-electron chi connectivity index (χ0n) is 19.3. The number of hydrogen-bond acceptors (Lipinski definition) is 6. The minimum absolute atomic E-state index is 0.0851. The molecule has 1 aliphatic heterocycles. The third kappa shape index (κ3) is 3.65. The van der Waals surface area contributed by atoms with Crippen LogP contribution in [0.4, 0.5) is 5.69 Å². The van der Waals surface area contributed by atoms with Crippen molar-refractivity contribution in [1.82, 2.24) is 4.98 Å². The van der Waals surface area contributed by atoms with Gasteiger partial charge >= 0.3 is 0 Å². The topological polar surface area (TPSA) is 67.3 Å². The minimum atomic E-state index is -0.300. The number of benzene rings is 3. The molecule has 2 heterocycles. The first-order valence-electron chi connectivity index (χ1n) is 10.9. The van der Waals surface area contributed by atoms with Crippen LogP contribution in [0.1, 0.15) is 60.3 Å². The van der Waals surface area contributed by atoms with E-state index in [-0.39, 0.29) is 17.6 Å². The first kappa shape index (κ1) is 22.5.